The SMILES string of the molecule is Cc1c(Cl)cccc1-c1nc(Cl)ns1. The van der Waals surface area contributed by atoms with Crippen LogP contribution in [0.5, 0.6) is 0 Å². The molecule has 1 heterocycles. The Balaban J connectivity index is 2.57. The van der Waals surface area contributed by atoms with Gasteiger partial charge in [0.2, 0.25) is 5.28 Å². The van der Waals surface area contributed by atoms with Gasteiger partial charge in [-0.3, -0.25) is 0 Å². The highest BCUT2D eigenvalue weighted by molar-refractivity contribution is 7.09. The Morgan fingerprint density at radius 3 is 2.71 bits per heavy atom. The van der Waals surface area contributed by atoms with Crippen molar-refractivity contribution in [3.8, 4) is 10.6 Å². The zero-order valence-electron chi connectivity index (χ0n) is 7.29. The molecule has 0 saturated carbocycles. The number of aromatic nitrogens is 2. The van der Waals surface area contributed by atoms with Crippen LogP contribution in [-0.4, -0.2) is 9.36 Å². The zero-order valence-corrected chi connectivity index (χ0v) is 9.62. The summed E-state index contributed by atoms with van der Waals surface area (Å²) in [5, 5.41) is 1.81. The maximum Gasteiger partial charge on any atom is 0.234 e. The summed E-state index contributed by atoms with van der Waals surface area (Å²) in [6.07, 6.45) is 0. The van der Waals surface area contributed by atoms with E-state index in [2.05, 4.69) is 9.36 Å². The van der Waals surface area contributed by atoms with Crippen LogP contribution >= 0.6 is 34.7 Å². The predicted molar refractivity (Wildman–Crippen MR) is 60.1 cm³/mol. The minimum absolute atomic E-state index is 0.282. The van der Waals surface area contributed by atoms with Crippen LogP contribution in [0.1, 0.15) is 5.56 Å². The van der Waals surface area contributed by atoms with Crippen LogP contribution in [-0.2, 0) is 0 Å². The molecule has 1 aromatic carbocycles. The summed E-state index contributed by atoms with van der Waals surface area (Å²) >= 11 is 12.9. The third kappa shape index (κ3) is 1.75. The van der Waals surface area contributed by atoms with Gasteiger partial charge in [0.05, 0.1) is 0 Å². The molecule has 1 aromatic heterocycles. The van der Waals surface area contributed by atoms with E-state index in [1.807, 2.05) is 25.1 Å². The standard InChI is InChI=1S/C9H6Cl2N2S/c1-5-6(3-2-4-7(5)10)8-12-9(11)13-14-8/h2-4H,1H3. The van der Waals surface area contributed by atoms with Gasteiger partial charge in [-0.2, -0.15) is 4.37 Å². The summed E-state index contributed by atoms with van der Waals surface area (Å²) in [5.41, 5.74) is 1.99. The Kier molecular flexibility index (Phi) is 2.72. The molecule has 0 saturated heterocycles. The largest absolute Gasteiger partial charge is 0.234 e. The monoisotopic (exact) mass is 244 g/mol. The van der Waals surface area contributed by atoms with Crippen molar-refractivity contribution < 1.29 is 0 Å². The Morgan fingerprint density at radius 2 is 2.07 bits per heavy atom. The second kappa shape index (κ2) is 3.85. The fourth-order valence-electron chi connectivity index (χ4n) is 1.15. The number of benzene rings is 1. The quantitative estimate of drug-likeness (QED) is 0.763. The van der Waals surface area contributed by atoms with Gasteiger partial charge in [0.1, 0.15) is 5.01 Å². The van der Waals surface area contributed by atoms with Crippen molar-refractivity contribution in [3.63, 3.8) is 0 Å². The Bertz CT molecular complexity index is 468. The van der Waals surface area contributed by atoms with Crippen molar-refractivity contribution in [2.45, 2.75) is 6.92 Å². The van der Waals surface area contributed by atoms with Crippen molar-refractivity contribution in [3.05, 3.63) is 34.1 Å². The molecule has 14 heavy (non-hydrogen) atoms. The molecule has 2 rings (SSSR count). The fourth-order valence-corrected chi connectivity index (χ4v) is 2.22. The first-order valence-corrected chi connectivity index (χ1v) is 5.46. The molecule has 0 atom stereocenters. The van der Waals surface area contributed by atoms with Gasteiger partial charge in [-0.25, -0.2) is 4.98 Å². The zero-order chi connectivity index (χ0) is 10.1. The van der Waals surface area contributed by atoms with E-state index < -0.39 is 0 Å². The molecule has 0 bridgehead atoms. The van der Waals surface area contributed by atoms with Crippen LogP contribution in [0.15, 0.2) is 18.2 Å². The van der Waals surface area contributed by atoms with Crippen LogP contribution in [0, 0.1) is 6.92 Å². The van der Waals surface area contributed by atoms with E-state index in [1.165, 1.54) is 11.5 Å². The fraction of sp³-hybridized carbons (Fsp3) is 0.111. The maximum absolute atomic E-state index is 5.99. The highest BCUT2D eigenvalue weighted by Crippen LogP contribution is 2.29. The maximum atomic E-state index is 5.99. The lowest BCUT2D eigenvalue weighted by Gasteiger charge is -2.02. The second-order valence-electron chi connectivity index (χ2n) is 2.78. The Labute approximate surface area is 95.7 Å². The van der Waals surface area contributed by atoms with Crippen molar-refractivity contribution in [1.29, 1.82) is 0 Å². The molecular formula is C9H6Cl2N2S. The lowest BCUT2D eigenvalue weighted by atomic mass is 10.1. The first-order chi connectivity index (χ1) is 6.68. The van der Waals surface area contributed by atoms with E-state index in [1.54, 1.807) is 0 Å². The minimum Gasteiger partial charge on any atom is -0.205 e. The average Bonchev–Trinajstić information content (AvgIpc) is 2.57. The van der Waals surface area contributed by atoms with Crippen molar-refractivity contribution in [2.75, 3.05) is 0 Å². The molecule has 0 fully saturated rings. The predicted octanol–water partition coefficient (Wildman–Crippen LogP) is 3.82. The highest BCUT2D eigenvalue weighted by Gasteiger charge is 2.09. The number of halogens is 2. The third-order valence-electron chi connectivity index (χ3n) is 1.90. The summed E-state index contributed by atoms with van der Waals surface area (Å²) in [4.78, 5) is 4.10. The normalized spacial score (nSPS) is 10.5. The molecule has 0 aliphatic rings. The number of hydrogen-bond donors (Lipinski definition) is 0. The molecule has 2 aromatic rings. The van der Waals surface area contributed by atoms with Crippen LogP contribution < -0.4 is 0 Å². The van der Waals surface area contributed by atoms with Gasteiger partial charge in [0.25, 0.3) is 0 Å². The molecule has 0 N–H and O–H groups in total. The molecule has 0 radical (unpaired) electrons. The molecule has 5 heteroatoms. The number of hydrogen-bond acceptors (Lipinski definition) is 3. The molecule has 0 unspecified atom stereocenters. The molecule has 0 spiro atoms. The second-order valence-corrected chi connectivity index (χ2v) is 4.28. The van der Waals surface area contributed by atoms with Gasteiger partial charge >= 0.3 is 0 Å². The number of rotatable bonds is 1. The van der Waals surface area contributed by atoms with E-state index in [0.29, 0.717) is 0 Å². The summed E-state index contributed by atoms with van der Waals surface area (Å²) in [6, 6.07) is 5.70. The van der Waals surface area contributed by atoms with Gasteiger partial charge in [-0.15, -0.1) is 0 Å². The summed E-state index contributed by atoms with van der Waals surface area (Å²) < 4.78 is 3.92. The highest BCUT2D eigenvalue weighted by atomic mass is 35.5. The summed E-state index contributed by atoms with van der Waals surface area (Å²) in [5.74, 6) is 0. The van der Waals surface area contributed by atoms with E-state index in [4.69, 9.17) is 23.2 Å². The molecule has 0 aliphatic heterocycles. The van der Waals surface area contributed by atoms with Crippen molar-refractivity contribution in [2.24, 2.45) is 0 Å². The summed E-state index contributed by atoms with van der Waals surface area (Å²) in [7, 11) is 0. The van der Waals surface area contributed by atoms with E-state index in [9.17, 15) is 0 Å². The Morgan fingerprint density at radius 1 is 1.29 bits per heavy atom. The minimum atomic E-state index is 0.282. The average molecular weight is 245 g/mol. The lowest BCUT2D eigenvalue weighted by Crippen LogP contribution is -1.82. The lowest BCUT2D eigenvalue weighted by molar-refractivity contribution is 1.32. The van der Waals surface area contributed by atoms with Crippen molar-refractivity contribution >= 4 is 34.7 Å². The first kappa shape index (κ1) is 9.90. The number of nitrogens with zero attached hydrogens (tertiary/aromatic N) is 2. The Hall–Kier alpha value is -0.640. The van der Waals surface area contributed by atoms with Crippen LogP contribution in [0.2, 0.25) is 10.3 Å². The molecule has 2 nitrogen and oxygen atoms in total. The summed E-state index contributed by atoms with van der Waals surface area (Å²) in [6.45, 7) is 1.95. The van der Waals surface area contributed by atoms with Crippen LogP contribution in [0.4, 0.5) is 0 Å². The first-order valence-electron chi connectivity index (χ1n) is 3.93. The van der Waals surface area contributed by atoms with Gasteiger partial charge < -0.3 is 0 Å². The van der Waals surface area contributed by atoms with Gasteiger partial charge in [-0.05, 0) is 41.7 Å². The smallest absolute Gasteiger partial charge is 0.205 e. The third-order valence-corrected chi connectivity index (χ3v) is 3.33. The van der Waals surface area contributed by atoms with Crippen LogP contribution in [0.3, 0.4) is 0 Å². The molecule has 0 amide bonds. The van der Waals surface area contributed by atoms with E-state index in [-0.39, 0.29) is 5.28 Å². The van der Waals surface area contributed by atoms with Gasteiger partial charge in [-0.1, -0.05) is 23.7 Å². The van der Waals surface area contributed by atoms with Gasteiger partial charge in [0.15, 0.2) is 0 Å². The molecule has 0 aliphatic carbocycles. The van der Waals surface area contributed by atoms with E-state index in [0.717, 1.165) is 21.2 Å². The molecular weight excluding hydrogens is 239 g/mol. The molecule has 72 valence electrons. The van der Waals surface area contributed by atoms with Crippen molar-refractivity contribution in [1.82, 2.24) is 9.36 Å². The van der Waals surface area contributed by atoms with E-state index >= 15 is 0 Å². The van der Waals surface area contributed by atoms with Gasteiger partial charge in [0, 0.05) is 10.6 Å². The van der Waals surface area contributed by atoms with Crippen LogP contribution in [0.25, 0.3) is 10.6 Å². The topological polar surface area (TPSA) is 25.8 Å².